The Kier molecular flexibility index (Phi) is 9.63. The van der Waals surface area contributed by atoms with Gasteiger partial charge in [0, 0.05) is 37.9 Å². The Hall–Kier alpha value is -3.77. The van der Waals surface area contributed by atoms with Crippen molar-refractivity contribution in [2.75, 3.05) is 12.3 Å². The third-order valence-corrected chi connectivity index (χ3v) is 7.95. The van der Waals surface area contributed by atoms with Gasteiger partial charge in [0.25, 0.3) is 0 Å². The van der Waals surface area contributed by atoms with E-state index < -0.39 is 6.29 Å². The molecule has 11 heteroatoms. The molecule has 3 N–H and O–H groups in total. The molecule has 214 valence electrons. The SMILES string of the molecule is CCNC(=O)NCc1cccc(-c2cccc([C@@H]3O[C@H](CSc4nnnn4C)C[C@H](c4ccc(CO)cc4)O3)c2)c1. The second-order valence-corrected chi connectivity index (χ2v) is 10.8. The zero-order valence-electron chi connectivity index (χ0n) is 23.1. The first-order chi connectivity index (χ1) is 20.0. The summed E-state index contributed by atoms with van der Waals surface area (Å²) >= 11 is 1.55. The molecule has 2 heterocycles. The van der Waals surface area contributed by atoms with Crippen molar-refractivity contribution < 1.29 is 19.4 Å². The molecule has 1 aliphatic rings. The van der Waals surface area contributed by atoms with Crippen LogP contribution in [0.4, 0.5) is 4.79 Å². The topological polar surface area (TPSA) is 123 Å². The largest absolute Gasteiger partial charge is 0.392 e. The molecule has 2 amide bonds. The fourth-order valence-corrected chi connectivity index (χ4v) is 5.53. The number of nitrogens with zero attached hydrogens (tertiary/aromatic N) is 4. The van der Waals surface area contributed by atoms with Gasteiger partial charge in [0.05, 0.1) is 18.8 Å². The molecule has 3 atom stereocenters. The highest BCUT2D eigenvalue weighted by Gasteiger charge is 2.32. The Morgan fingerprint density at radius 2 is 1.78 bits per heavy atom. The predicted octanol–water partition coefficient (Wildman–Crippen LogP) is 4.53. The highest BCUT2D eigenvalue weighted by Crippen LogP contribution is 2.40. The number of carbonyl (C=O) groups excluding carboxylic acids is 1. The molecule has 1 aliphatic heterocycles. The number of ether oxygens (including phenoxy) is 2. The molecule has 41 heavy (non-hydrogen) atoms. The van der Waals surface area contributed by atoms with Crippen molar-refractivity contribution in [3.05, 3.63) is 95.1 Å². The van der Waals surface area contributed by atoms with E-state index in [-0.39, 0.29) is 24.8 Å². The zero-order chi connectivity index (χ0) is 28.6. The number of hydrogen-bond donors (Lipinski definition) is 3. The van der Waals surface area contributed by atoms with Gasteiger partial charge in [-0.1, -0.05) is 72.4 Å². The molecule has 1 fully saturated rings. The predicted molar refractivity (Wildman–Crippen MR) is 156 cm³/mol. The lowest BCUT2D eigenvalue weighted by Gasteiger charge is -2.36. The van der Waals surface area contributed by atoms with Crippen LogP contribution in [-0.4, -0.2) is 49.7 Å². The first kappa shape index (κ1) is 28.7. The van der Waals surface area contributed by atoms with E-state index >= 15 is 0 Å². The standard InChI is InChI=1S/C30H34N6O4S/c1-3-31-29(38)32-17-21-6-4-7-23(14-21)24-8-5-9-25(15-24)28-39-26(19-41-30-33-34-35-36(30)2)16-27(40-28)22-12-10-20(18-37)11-13-22/h4-15,26-28,37H,3,16-19H2,1-2H3,(H2,31,32,38)/t26-,27+,28+/m0/s1. The molecule has 5 rings (SSSR count). The van der Waals surface area contributed by atoms with Gasteiger partial charge in [-0.3, -0.25) is 0 Å². The van der Waals surface area contributed by atoms with Gasteiger partial charge in [0.1, 0.15) is 0 Å². The van der Waals surface area contributed by atoms with Crippen molar-refractivity contribution in [2.45, 2.75) is 50.2 Å². The molecule has 0 aliphatic carbocycles. The van der Waals surface area contributed by atoms with E-state index in [2.05, 4.69) is 50.4 Å². The Morgan fingerprint density at radius 1 is 1.00 bits per heavy atom. The smallest absolute Gasteiger partial charge is 0.315 e. The Bertz CT molecular complexity index is 1450. The van der Waals surface area contributed by atoms with E-state index in [1.54, 1.807) is 16.4 Å². The number of aryl methyl sites for hydroxylation is 1. The van der Waals surface area contributed by atoms with Crippen LogP contribution in [0.3, 0.4) is 0 Å². The van der Waals surface area contributed by atoms with Gasteiger partial charge >= 0.3 is 6.03 Å². The minimum atomic E-state index is -0.572. The molecule has 1 saturated heterocycles. The lowest BCUT2D eigenvalue weighted by atomic mass is 9.99. The van der Waals surface area contributed by atoms with E-state index in [1.807, 2.05) is 62.5 Å². The van der Waals surface area contributed by atoms with E-state index in [4.69, 9.17) is 9.47 Å². The van der Waals surface area contributed by atoms with E-state index in [0.717, 1.165) is 38.5 Å². The van der Waals surface area contributed by atoms with Gasteiger partial charge in [0.2, 0.25) is 5.16 Å². The van der Waals surface area contributed by atoms with Crippen LogP contribution < -0.4 is 10.6 Å². The molecule has 0 spiro atoms. The van der Waals surface area contributed by atoms with Crippen LogP contribution in [0, 0.1) is 0 Å². The minimum Gasteiger partial charge on any atom is -0.392 e. The quantitative estimate of drug-likeness (QED) is 0.236. The first-order valence-electron chi connectivity index (χ1n) is 13.6. The summed E-state index contributed by atoms with van der Waals surface area (Å²) in [6, 6.07) is 24.0. The fourth-order valence-electron chi connectivity index (χ4n) is 4.66. The van der Waals surface area contributed by atoms with Gasteiger partial charge < -0.3 is 25.2 Å². The van der Waals surface area contributed by atoms with Crippen LogP contribution in [0.2, 0.25) is 0 Å². The van der Waals surface area contributed by atoms with Crippen LogP contribution in [-0.2, 0) is 29.7 Å². The number of amides is 2. The van der Waals surface area contributed by atoms with E-state index in [1.165, 1.54) is 0 Å². The average Bonchev–Trinajstić information content (AvgIpc) is 3.43. The minimum absolute atomic E-state index is 0.00146. The Balaban J connectivity index is 1.36. The fraction of sp³-hybridized carbons (Fsp3) is 0.333. The summed E-state index contributed by atoms with van der Waals surface area (Å²) in [6.45, 7) is 2.90. The molecule has 10 nitrogen and oxygen atoms in total. The van der Waals surface area contributed by atoms with Crippen molar-refractivity contribution >= 4 is 17.8 Å². The number of tetrazole rings is 1. The van der Waals surface area contributed by atoms with Gasteiger partial charge in [-0.05, 0) is 57.3 Å². The molecule has 0 saturated carbocycles. The summed E-state index contributed by atoms with van der Waals surface area (Å²) < 4.78 is 14.7. The Morgan fingerprint density at radius 3 is 2.51 bits per heavy atom. The summed E-state index contributed by atoms with van der Waals surface area (Å²) in [6.07, 6.45) is -0.187. The number of carbonyl (C=O) groups is 1. The molecule has 0 bridgehead atoms. The van der Waals surface area contributed by atoms with Crippen LogP contribution >= 0.6 is 11.8 Å². The Labute approximate surface area is 243 Å². The summed E-state index contributed by atoms with van der Waals surface area (Å²) in [5.74, 6) is 0.666. The maximum absolute atomic E-state index is 11.8. The van der Waals surface area contributed by atoms with Crippen LogP contribution in [0.25, 0.3) is 11.1 Å². The maximum atomic E-state index is 11.8. The highest BCUT2D eigenvalue weighted by atomic mass is 32.2. The number of aliphatic hydroxyl groups excluding tert-OH is 1. The van der Waals surface area contributed by atoms with Crippen molar-refractivity contribution in [1.82, 2.24) is 30.8 Å². The first-order valence-corrected chi connectivity index (χ1v) is 14.6. The second-order valence-electron chi connectivity index (χ2n) is 9.79. The van der Waals surface area contributed by atoms with Gasteiger partial charge in [-0.15, -0.1) is 5.10 Å². The molecule has 0 radical (unpaired) electrons. The van der Waals surface area contributed by atoms with E-state index in [0.29, 0.717) is 25.3 Å². The number of aromatic nitrogens is 4. The number of thioether (sulfide) groups is 1. The third kappa shape index (κ3) is 7.50. The van der Waals surface area contributed by atoms with Crippen LogP contribution in [0.15, 0.2) is 78.0 Å². The molecular formula is C30H34N6O4S. The molecule has 1 aromatic heterocycles. The number of aliphatic hydroxyl groups is 1. The maximum Gasteiger partial charge on any atom is 0.315 e. The normalized spacial score (nSPS) is 18.7. The van der Waals surface area contributed by atoms with Crippen molar-refractivity contribution in [2.24, 2.45) is 7.05 Å². The summed E-state index contributed by atoms with van der Waals surface area (Å²) in [7, 11) is 1.82. The van der Waals surface area contributed by atoms with Gasteiger partial charge in [-0.2, -0.15) is 0 Å². The average molecular weight is 575 g/mol. The van der Waals surface area contributed by atoms with Crippen LogP contribution in [0.1, 0.15) is 48.0 Å². The number of rotatable bonds is 10. The lowest BCUT2D eigenvalue weighted by Crippen LogP contribution is -2.34. The molecule has 4 aromatic rings. The van der Waals surface area contributed by atoms with Gasteiger partial charge in [0.15, 0.2) is 6.29 Å². The number of urea groups is 1. The van der Waals surface area contributed by atoms with Crippen molar-refractivity contribution in [3.8, 4) is 11.1 Å². The summed E-state index contributed by atoms with van der Waals surface area (Å²) in [5.41, 5.74) is 5.88. The summed E-state index contributed by atoms with van der Waals surface area (Å²) in [4.78, 5) is 11.8. The number of nitrogens with one attached hydrogen (secondary N) is 2. The lowest BCUT2D eigenvalue weighted by molar-refractivity contribution is -0.245. The van der Waals surface area contributed by atoms with Gasteiger partial charge in [-0.25, -0.2) is 9.48 Å². The summed E-state index contributed by atoms with van der Waals surface area (Å²) in [5, 5.41) is 27.6. The number of hydrogen-bond acceptors (Lipinski definition) is 8. The second kappa shape index (κ2) is 13.7. The van der Waals surface area contributed by atoms with E-state index in [9.17, 15) is 9.90 Å². The van der Waals surface area contributed by atoms with Crippen molar-refractivity contribution in [3.63, 3.8) is 0 Å². The third-order valence-electron chi connectivity index (χ3n) is 6.80. The monoisotopic (exact) mass is 574 g/mol. The van der Waals surface area contributed by atoms with Crippen molar-refractivity contribution in [1.29, 1.82) is 0 Å². The molecule has 3 aromatic carbocycles. The number of benzene rings is 3. The highest BCUT2D eigenvalue weighted by molar-refractivity contribution is 7.99. The zero-order valence-corrected chi connectivity index (χ0v) is 23.9. The molecular weight excluding hydrogens is 540 g/mol. The molecule has 0 unspecified atom stereocenters. The van der Waals surface area contributed by atoms with Crippen LogP contribution in [0.5, 0.6) is 0 Å².